The van der Waals surface area contributed by atoms with Crippen LogP contribution in [0.4, 0.5) is 11.4 Å². The lowest BCUT2D eigenvalue weighted by atomic mass is 10.1. The molecule has 2 rings (SSSR count). The third-order valence-corrected chi connectivity index (χ3v) is 3.86. The number of rotatable bonds is 2. The molecule has 0 spiro atoms. The van der Waals surface area contributed by atoms with Crippen molar-refractivity contribution in [2.45, 2.75) is 24.2 Å². The molecule has 0 saturated carbocycles. The minimum absolute atomic E-state index is 0.0815. The molecule has 1 aromatic carbocycles. The van der Waals surface area contributed by atoms with Crippen molar-refractivity contribution in [2.24, 2.45) is 5.14 Å². The van der Waals surface area contributed by atoms with Crippen LogP contribution in [0.2, 0.25) is 0 Å². The molecule has 0 atom stereocenters. The number of benzene rings is 1. The molecule has 0 radical (unpaired) electrons. The van der Waals surface area contributed by atoms with Gasteiger partial charge in [-0.05, 0) is 37.5 Å². The van der Waals surface area contributed by atoms with Crippen LogP contribution in [0, 0.1) is 0 Å². The van der Waals surface area contributed by atoms with E-state index in [4.69, 9.17) is 10.9 Å². The van der Waals surface area contributed by atoms with E-state index in [1.165, 1.54) is 12.5 Å². The van der Waals surface area contributed by atoms with E-state index in [2.05, 4.69) is 4.90 Å². The van der Waals surface area contributed by atoms with E-state index in [1.54, 1.807) is 12.1 Å². The van der Waals surface area contributed by atoms with Crippen molar-refractivity contribution >= 4 is 21.4 Å². The monoisotopic (exact) mass is 255 g/mol. The summed E-state index contributed by atoms with van der Waals surface area (Å²) in [5.41, 5.74) is 6.99. The molecule has 1 aromatic rings. The molecule has 0 amide bonds. The fourth-order valence-electron chi connectivity index (χ4n) is 2.10. The fourth-order valence-corrected chi connectivity index (χ4v) is 2.69. The van der Waals surface area contributed by atoms with Crippen LogP contribution in [-0.2, 0) is 10.0 Å². The molecular weight excluding hydrogens is 238 g/mol. The number of nitrogens with two attached hydrogens (primary N) is 2. The van der Waals surface area contributed by atoms with E-state index < -0.39 is 10.0 Å². The van der Waals surface area contributed by atoms with Crippen LogP contribution >= 0.6 is 0 Å². The summed E-state index contributed by atoms with van der Waals surface area (Å²) in [6, 6.07) is 4.78. The average Bonchev–Trinajstić information content (AvgIpc) is 2.28. The van der Waals surface area contributed by atoms with Gasteiger partial charge in [-0.15, -0.1) is 0 Å². The molecule has 4 N–H and O–H groups in total. The van der Waals surface area contributed by atoms with Crippen LogP contribution in [0.1, 0.15) is 19.3 Å². The van der Waals surface area contributed by atoms with Crippen molar-refractivity contribution in [1.82, 2.24) is 0 Å². The zero-order chi connectivity index (χ0) is 12.5. The number of nitrogens with zero attached hydrogens (tertiary/aromatic N) is 1. The van der Waals surface area contributed by atoms with E-state index >= 15 is 0 Å². The number of primary sulfonamides is 1. The fraction of sp³-hybridized carbons (Fsp3) is 0.455. The van der Waals surface area contributed by atoms with Crippen LogP contribution < -0.4 is 15.8 Å². The molecule has 0 aliphatic carbocycles. The lowest BCUT2D eigenvalue weighted by Gasteiger charge is -2.29. The summed E-state index contributed by atoms with van der Waals surface area (Å²) in [7, 11) is -3.69. The summed E-state index contributed by atoms with van der Waals surface area (Å²) in [5, 5.41) is 5.12. The third-order valence-electron chi connectivity index (χ3n) is 2.96. The molecule has 94 valence electrons. The van der Waals surface area contributed by atoms with Crippen molar-refractivity contribution in [3.8, 4) is 0 Å². The van der Waals surface area contributed by atoms with Crippen LogP contribution in [0.15, 0.2) is 23.1 Å². The van der Waals surface area contributed by atoms with Crippen LogP contribution in [0.3, 0.4) is 0 Å². The first-order valence-electron chi connectivity index (χ1n) is 5.65. The predicted octanol–water partition coefficient (Wildman–Crippen LogP) is 0.906. The van der Waals surface area contributed by atoms with E-state index in [-0.39, 0.29) is 4.90 Å². The van der Waals surface area contributed by atoms with Gasteiger partial charge in [0.15, 0.2) is 0 Å². The van der Waals surface area contributed by atoms with Gasteiger partial charge in [-0.2, -0.15) is 0 Å². The molecule has 1 aliphatic heterocycles. The van der Waals surface area contributed by atoms with E-state index in [9.17, 15) is 8.42 Å². The Balaban J connectivity index is 2.37. The number of nitrogen functional groups attached to an aromatic ring is 1. The van der Waals surface area contributed by atoms with Gasteiger partial charge < -0.3 is 10.6 Å². The summed E-state index contributed by atoms with van der Waals surface area (Å²) in [5.74, 6) is 0. The van der Waals surface area contributed by atoms with Crippen LogP contribution in [-0.4, -0.2) is 21.5 Å². The summed E-state index contributed by atoms with van der Waals surface area (Å²) in [4.78, 5) is 2.23. The van der Waals surface area contributed by atoms with Crippen LogP contribution in [0.5, 0.6) is 0 Å². The Labute approximate surface area is 101 Å². The zero-order valence-corrected chi connectivity index (χ0v) is 10.4. The second-order valence-electron chi connectivity index (χ2n) is 4.35. The molecule has 1 heterocycles. The van der Waals surface area contributed by atoms with E-state index in [0.717, 1.165) is 31.6 Å². The number of hydrogen-bond acceptors (Lipinski definition) is 4. The highest BCUT2D eigenvalue weighted by Gasteiger charge is 2.15. The maximum Gasteiger partial charge on any atom is 0.238 e. The quantitative estimate of drug-likeness (QED) is 0.768. The molecule has 17 heavy (non-hydrogen) atoms. The third kappa shape index (κ3) is 2.89. The van der Waals surface area contributed by atoms with Gasteiger partial charge in [-0.1, -0.05) is 0 Å². The van der Waals surface area contributed by atoms with E-state index in [0.29, 0.717) is 5.69 Å². The minimum atomic E-state index is -3.69. The van der Waals surface area contributed by atoms with Gasteiger partial charge in [0, 0.05) is 24.5 Å². The van der Waals surface area contributed by atoms with Gasteiger partial charge in [-0.3, -0.25) is 0 Å². The Morgan fingerprint density at radius 1 is 1.06 bits per heavy atom. The highest BCUT2D eigenvalue weighted by atomic mass is 32.2. The molecule has 6 heteroatoms. The molecule has 1 aliphatic rings. The van der Waals surface area contributed by atoms with Crippen molar-refractivity contribution in [3.63, 3.8) is 0 Å². The minimum Gasteiger partial charge on any atom is -0.399 e. The molecule has 1 saturated heterocycles. The van der Waals surface area contributed by atoms with Crippen molar-refractivity contribution in [3.05, 3.63) is 18.2 Å². The maximum atomic E-state index is 11.3. The van der Waals surface area contributed by atoms with Gasteiger partial charge in [-0.25, -0.2) is 13.6 Å². The van der Waals surface area contributed by atoms with Crippen molar-refractivity contribution in [2.75, 3.05) is 23.7 Å². The first kappa shape index (κ1) is 12.2. The molecule has 1 fully saturated rings. The van der Waals surface area contributed by atoms with Gasteiger partial charge in [0.05, 0.1) is 4.90 Å². The average molecular weight is 255 g/mol. The largest absolute Gasteiger partial charge is 0.399 e. The standard InChI is InChI=1S/C11H17N3O2S/c12-9-6-10(14-4-2-1-3-5-14)8-11(7-9)17(13,15)16/h6-8H,1-5,12H2,(H2,13,15,16). The molecule has 0 unspecified atom stereocenters. The highest BCUT2D eigenvalue weighted by Crippen LogP contribution is 2.25. The molecule has 0 bridgehead atoms. The topological polar surface area (TPSA) is 89.4 Å². The van der Waals surface area contributed by atoms with Crippen molar-refractivity contribution < 1.29 is 8.42 Å². The van der Waals surface area contributed by atoms with Crippen molar-refractivity contribution in [1.29, 1.82) is 0 Å². The molecule has 0 aromatic heterocycles. The Bertz CT molecular complexity index is 507. The molecule has 5 nitrogen and oxygen atoms in total. The van der Waals surface area contributed by atoms with Crippen LogP contribution in [0.25, 0.3) is 0 Å². The van der Waals surface area contributed by atoms with E-state index in [1.807, 2.05) is 0 Å². The first-order chi connectivity index (χ1) is 7.97. The first-order valence-corrected chi connectivity index (χ1v) is 7.20. The summed E-state index contributed by atoms with van der Waals surface area (Å²) in [6.07, 6.45) is 3.47. The highest BCUT2D eigenvalue weighted by molar-refractivity contribution is 7.89. The second-order valence-corrected chi connectivity index (χ2v) is 5.91. The zero-order valence-electron chi connectivity index (χ0n) is 9.59. The van der Waals surface area contributed by atoms with Gasteiger partial charge in [0.2, 0.25) is 10.0 Å². The SMILES string of the molecule is Nc1cc(N2CCCCC2)cc(S(N)(=O)=O)c1. The number of piperidine rings is 1. The number of sulfonamides is 1. The summed E-state index contributed by atoms with van der Waals surface area (Å²) >= 11 is 0. The Morgan fingerprint density at radius 2 is 1.71 bits per heavy atom. The predicted molar refractivity (Wildman–Crippen MR) is 68.3 cm³/mol. The second kappa shape index (κ2) is 4.54. The Hall–Kier alpha value is -1.27. The normalized spacial score (nSPS) is 17.1. The summed E-state index contributed by atoms with van der Waals surface area (Å²) in [6.45, 7) is 1.88. The number of anilines is 2. The Morgan fingerprint density at radius 3 is 2.29 bits per heavy atom. The Kier molecular flexibility index (Phi) is 3.26. The summed E-state index contributed by atoms with van der Waals surface area (Å²) < 4.78 is 22.6. The van der Waals surface area contributed by atoms with Gasteiger partial charge in [0.1, 0.15) is 0 Å². The maximum absolute atomic E-state index is 11.3. The molecular formula is C11H17N3O2S. The lowest BCUT2D eigenvalue weighted by molar-refractivity contribution is 0.577. The van der Waals surface area contributed by atoms with Gasteiger partial charge in [0.25, 0.3) is 0 Å². The number of hydrogen-bond donors (Lipinski definition) is 2. The lowest BCUT2D eigenvalue weighted by Crippen LogP contribution is -2.29. The van der Waals surface area contributed by atoms with Gasteiger partial charge >= 0.3 is 0 Å². The smallest absolute Gasteiger partial charge is 0.238 e.